The fourth-order valence-corrected chi connectivity index (χ4v) is 2.67. The Kier molecular flexibility index (Phi) is 2.63. The van der Waals surface area contributed by atoms with E-state index in [1.165, 1.54) is 0 Å². The van der Waals surface area contributed by atoms with E-state index >= 15 is 0 Å². The molecule has 0 aliphatic carbocycles. The molecule has 86 valence electrons. The van der Waals surface area contributed by atoms with E-state index in [0.717, 1.165) is 21.5 Å². The van der Waals surface area contributed by atoms with E-state index < -0.39 is 0 Å². The van der Waals surface area contributed by atoms with Crippen molar-refractivity contribution < 1.29 is 0 Å². The number of nitrogens with zero attached hydrogens (tertiary/aromatic N) is 1. The van der Waals surface area contributed by atoms with Gasteiger partial charge in [-0.3, -0.25) is 0 Å². The lowest BCUT2D eigenvalue weighted by Crippen LogP contribution is -1.85. The van der Waals surface area contributed by atoms with Crippen LogP contribution in [-0.4, -0.2) is 0 Å². The second-order valence-corrected chi connectivity index (χ2v) is 4.85. The predicted octanol–water partition coefficient (Wildman–Crippen LogP) is 5.17. The maximum absolute atomic E-state index is 9.38. The van der Waals surface area contributed by atoms with Crippen LogP contribution >= 0.6 is 23.2 Å². The first-order valence-corrected chi connectivity index (χ1v) is 6.17. The normalized spacial score (nSPS) is 10.7. The Morgan fingerprint density at radius 3 is 1.72 bits per heavy atom. The van der Waals surface area contributed by atoms with Crippen molar-refractivity contribution in [2.24, 2.45) is 0 Å². The standard InChI is InChI=1S/C15H7Cl2N/c16-14-5-1-3-9-11(14)7-12-10(13(9)8-18)4-2-6-15(12)17/h1-7H. The summed E-state index contributed by atoms with van der Waals surface area (Å²) in [5, 5.41) is 14.1. The van der Waals surface area contributed by atoms with E-state index in [9.17, 15) is 5.26 Å². The van der Waals surface area contributed by atoms with Crippen LogP contribution in [0.15, 0.2) is 42.5 Å². The lowest BCUT2D eigenvalue weighted by molar-refractivity contribution is 1.52. The second-order valence-electron chi connectivity index (χ2n) is 4.03. The Hall–Kier alpha value is -1.75. The molecule has 0 unspecified atom stereocenters. The average molecular weight is 272 g/mol. The molecule has 0 fully saturated rings. The number of halogens is 2. The van der Waals surface area contributed by atoms with Gasteiger partial charge < -0.3 is 0 Å². The summed E-state index contributed by atoms with van der Waals surface area (Å²) in [6, 6.07) is 15.3. The third-order valence-electron chi connectivity index (χ3n) is 3.04. The predicted molar refractivity (Wildman–Crippen MR) is 76.2 cm³/mol. The molecule has 0 radical (unpaired) electrons. The Balaban J connectivity index is 2.67. The first-order chi connectivity index (χ1) is 8.72. The van der Waals surface area contributed by atoms with Gasteiger partial charge in [0, 0.05) is 31.6 Å². The Labute approximate surface area is 114 Å². The summed E-state index contributed by atoms with van der Waals surface area (Å²) < 4.78 is 0. The number of hydrogen-bond acceptors (Lipinski definition) is 1. The summed E-state index contributed by atoms with van der Waals surface area (Å²) in [4.78, 5) is 0. The highest BCUT2D eigenvalue weighted by atomic mass is 35.5. The van der Waals surface area contributed by atoms with E-state index in [1.807, 2.05) is 42.5 Å². The number of fused-ring (bicyclic) bond motifs is 2. The number of benzene rings is 3. The molecule has 0 atom stereocenters. The van der Waals surface area contributed by atoms with Gasteiger partial charge in [0.05, 0.1) is 5.56 Å². The quantitative estimate of drug-likeness (QED) is 0.518. The summed E-state index contributed by atoms with van der Waals surface area (Å²) in [5.41, 5.74) is 0.618. The number of nitriles is 1. The van der Waals surface area contributed by atoms with Crippen LogP contribution in [0.2, 0.25) is 10.0 Å². The van der Waals surface area contributed by atoms with Gasteiger partial charge in [0.25, 0.3) is 0 Å². The highest BCUT2D eigenvalue weighted by Crippen LogP contribution is 2.34. The summed E-state index contributed by atoms with van der Waals surface area (Å²) in [7, 11) is 0. The summed E-state index contributed by atoms with van der Waals surface area (Å²) >= 11 is 12.4. The molecule has 0 saturated carbocycles. The number of rotatable bonds is 0. The molecule has 3 rings (SSSR count). The first-order valence-electron chi connectivity index (χ1n) is 5.42. The summed E-state index contributed by atoms with van der Waals surface area (Å²) in [6.07, 6.45) is 0. The lowest BCUT2D eigenvalue weighted by Gasteiger charge is -2.08. The topological polar surface area (TPSA) is 23.8 Å². The lowest BCUT2D eigenvalue weighted by atomic mass is 9.97. The minimum Gasteiger partial charge on any atom is -0.192 e. The molecule has 0 heterocycles. The molecule has 3 aromatic rings. The van der Waals surface area contributed by atoms with Gasteiger partial charge in [-0.1, -0.05) is 47.5 Å². The van der Waals surface area contributed by atoms with E-state index in [-0.39, 0.29) is 0 Å². The Morgan fingerprint density at radius 2 is 1.28 bits per heavy atom. The van der Waals surface area contributed by atoms with Crippen LogP contribution in [0.1, 0.15) is 5.56 Å². The molecule has 0 N–H and O–H groups in total. The van der Waals surface area contributed by atoms with Crippen molar-refractivity contribution >= 4 is 44.7 Å². The van der Waals surface area contributed by atoms with Gasteiger partial charge in [-0.25, -0.2) is 0 Å². The molecular formula is C15H7Cl2N. The number of hydrogen-bond donors (Lipinski definition) is 0. The highest BCUT2D eigenvalue weighted by molar-refractivity contribution is 6.38. The van der Waals surface area contributed by atoms with E-state index in [0.29, 0.717) is 15.6 Å². The van der Waals surface area contributed by atoms with Crippen LogP contribution < -0.4 is 0 Å². The Morgan fingerprint density at radius 1 is 0.778 bits per heavy atom. The molecule has 3 aromatic carbocycles. The largest absolute Gasteiger partial charge is 0.192 e. The monoisotopic (exact) mass is 271 g/mol. The fourth-order valence-electron chi connectivity index (χ4n) is 2.21. The molecule has 0 aromatic heterocycles. The SMILES string of the molecule is N#Cc1c2cccc(Cl)c2cc2c(Cl)cccc12. The first kappa shape index (κ1) is 11.3. The van der Waals surface area contributed by atoms with Crippen molar-refractivity contribution in [2.75, 3.05) is 0 Å². The van der Waals surface area contributed by atoms with Gasteiger partial charge in [-0.2, -0.15) is 5.26 Å². The van der Waals surface area contributed by atoms with Crippen molar-refractivity contribution in [3.05, 3.63) is 58.1 Å². The minimum atomic E-state index is 0.618. The van der Waals surface area contributed by atoms with Crippen molar-refractivity contribution in [2.45, 2.75) is 0 Å². The van der Waals surface area contributed by atoms with Crippen LogP contribution in [-0.2, 0) is 0 Å². The van der Waals surface area contributed by atoms with Crippen molar-refractivity contribution in [1.29, 1.82) is 5.26 Å². The van der Waals surface area contributed by atoms with E-state index in [2.05, 4.69) is 6.07 Å². The fraction of sp³-hybridized carbons (Fsp3) is 0. The minimum absolute atomic E-state index is 0.618. The third-order valence-corrected chi connectivity index (χ3v) is 3.70. The molecule has 3 heteroatoms. The maximum Gasteiger partial charge on any atom is 0.100 e. The van der Waals surface area contributed by atoms with Crippen molar-refractivity contribution in [1.82, 2.24) is 0 Å². The summed E-state index contributed by atoms with van der Waals surface area (Å²) in [5.74, 6) is 0. The average Bonchev–Trinajstić information content (AvgIpc) is 2.38. The molecule has 1 nitrogen and oxygen atoms in total. The van der Waals surface area contributed by atoms with Gasteiger partial charge in [0.15, 0.2) is 0 Å². The Bertz CT molecular complexity index is 756. The molecule has 0 aliphatic heterocycles. The van der Waals surface area contributed by atoms with Crippen LogP contribution in [0.3, 0.4) is 0 Å². The second kappa shape index (κ2) is 4.17. The zero-order valence-electron chi connectivity index (χ0n) is 9.24. The van der Waals surface area contributed by atoms with Crippen LogP contribution in [0.25, 0.3) is 21.5 Å². The smallest absolute Gasteiger partial charge is 0.100 e. The van der Waals surface area contributed by atoms with E-state index in [1.54, 1.807) is 0 Å². The highest BCUT2D eigenvalue weighted by Gasteiger charge is 2.10. The van der Waals surface area contributed by atoms with Gasteiger partial charge in [-0.05, 0) is 18.2 Å². The molecular weight excluding hydrogens is 265 g/mol. The van der Waals surface area contributed by atoms with Crippen molar-refractivity contribution in [3.63, 3.8) is 0 Å². The van der Waals surface area contributed by atoms with Gasteiger partial charge in [-0.15, -0.1) is 0 Å². The van der Waals surface area contributed by atoms with Crippen LogP contribution in [0, 0.1) is 11.3 Å². The van der Waals surface area contributed by atoms with Gasteiger partial charge >= 0.3 is 0 Å². The van der Waals surface area contributed by atoms with Gasteiger partial charge in [0.2, 0.25) is 0 Å². The molecule has 0 spiro atoms. The van der Waals surface area contributed by atoms with Crippen LogP contribution in [0.5, 0.6) is 0 Å². The zero-order valence-corrected chi connectivity index (χ0v) is 10.8. The maximum atomic E-state index is 9.38. The molecule has 18 heavy (non-hydrogen) atoms. The molecule has 0 aliphatic rings. The third kappa shape index (κ3) is 1.54. The molecule has 0 saturated heterocycles. The van der Waals surface area contributed by atoms with E-state index in [4.69, 9.17) is 23.2 Å². The van der Waals surface area contributed by atoms with Gasteiger partial charge in [0.1, 0.15) is 6.07 Å². The molecule has 0 bridgehead atoms. The molecule has 0 amide bonds. The zero-order chi connectivity index (χ0) is 12.7. The van der Waals surface area contributed by atoms with Crippen molar-refractivity contribution in [3.8, 4) is 6.07 Å². The van der Waals surface area contributed by atoms with Crippen LogP contribution in [0.4, 0.5) is 0 Å². The summed E-state index contributed by atoms with van der Waals surface area (Å²) in [6.45, 7) is 0.